The summed E-state index contributed by atoms with van der Waals surface area (Å²) >= 11 is 0. The Morgan fingerprint density at radius 2 is 1.80 bits per heavy atom. The van der Waals surface area contributed by atoms with Gasteiger partial charge in [-0.05, 0) is 49.6 Å². The van der Waals surface area contributed by atoms with Crippen LogP contribution >= 0.6 is 0 Å². The van der Waals surface area contributed by atoms with E-state index in [-0.39, 0.29) is 0 Å². The zero-order chi connectivity index (χ0) is 11.3. The molecule has 0 radical (unpaired) electrons. The highest BCUT2D eigenvalue weighted by Crippen LogP contribution is 2.41. The summed E-state index contributed by atoms with van der Waals surface area (Å²) in [6.45, 7) is 11.9. The Bertz CT molecular complexity index is 169. The molecule has 0 saturated heterocycles. The van der Waals surface area contributed by atoms with Crippen molar-refractivity contribution in [3.63, 3.8) is 0 Å². The molecule has 1 heteroatoms. The van der Waals surface area contributed by atoms with Crippen LogP contribution in [0, 0.1) is 17.3 Å². The maximum absolute atomic E-state index is 3.61. The molecular formula is C14H29N. The molecule has 1 aliphatic carbocycles. The lowest BCUT2D eigenvalue weighted by molar-refractivity contribution is 0.107. The largest absolute Gasteiger partial charge is 0.316 e. The summed E-state index contributed by atoms with van der Waals surface area (Å²) in [4.78, 5) is 0. The van der Waals surface area contributed by atoms with Gasteiger partial charge in [-0.3, -0.25) is 0 Å². The van der Waals surface area contributed by atoms with Crippen LogP contribution in [-0.2, 0) is 0 Å². The van der Waals surface area contributed by atoms with Crippen LogP contribution in [0.1, 0.15) is 59.8 Å². The van der Waals surface area contributed by atoms with Crippen molar-refractivity contribution in [2.45, 2.75) is 59.8 Å². The third kappa shape index (κ3) is 4.14. The third-order valence-corrected chi connectivity index (χ3v) is 3.85. The molecular weight excluding hydrogens is 182 g/mol. The summed E-state index contributed by atoms with van der Waals surface area (Å²) < 4.78 is 0. The van der Waals surface area contributed by atoms with Crippen LogP contribution in [0.2, 0.25) is 0 Å². The highest BCUT2D eigenvalue weighted by atomic mass is 14.9. The first-order chi connectivity index (χ1) is 7.05. The molecule has 0 aromatic rings. The normalized spacial score (nSPS) is 28.0. The molecule has 2 unspecified atom stereocenters. The molecule has 15 heavy (non-hydrogen) atoms. The molecule has 2 atom stereocenters. The van der Waals surface area contributed by atoms with Gasteiger partial charge in [-0.25, -0.2) is 0 Å². The van der Waals surface area contributed by atoms with E-state index in [0.717, 1.165) is 11.8 Å². The van der Waals surface area contributed by atoms with Crippen LogP contribution in [-0.4, -0.2) is 13.1 Å². The second-order valence-corrected chi connectivity index (χ2v) is 6.22. The molecule has 1 saturated carbocycles. The van der Waals surface area contributed by atoms with Crippen LogP contribution < -0.4 is 5.32 Å². The van der Waals surface area contributed by atoms with Crippen LogP contribution in [0.4, 0.5) is 0 Å². The van der Waals surface area contributed by atoms with Crippen molar-refractivity contribution < 1.29 is 0 Å². The Balaban J connectivity index is 2.43. The first-order valence-electron chi connectivity index (χ1n) is 6.76. The van der Waals surface area contributed by atoms with E-state index in [1.165, 1.54) is 45.2 Å². The minimum absolute atomic E-state index is 0.499. The zero-order valence-corrected chi connectivity index (χ0v) is 11.1. The van der Waals surface area contributed by atoms with Crippen LogP contribution in [0.3, 0.4) is 0 Å². The van der Waals surface area contributed by atoms with E-state index in [1.807, 2.05) is 0 Å². The van der Waals surface area contributed by atoms with Crippen LogP contribution in [0.15, 0.2) is 0 Å². The summed E-state index contributed by atoms with van der Waals surface area (Å²) in [7, 11) is 0. The van der Waals surface area contributed by atoms with Crippen LogP contribution in [0.25, 0.3) is 0 Å². The van der Waals surface area contributed by atoms with E-state index in [1.54, 1.807) is 0 Å². The Kier molecular flexibility index (Phi) is 5.11. The Morgan fingerprint density at radius 3 is 2.40 bits per heavy atom. The molecule has 90 valence electrons. The molecule has 0 heterocycles. The fourth-order valence-corrected chi connectivity index (χ4v) is 3.06. The lowest BCUT2D eigenvalue weighted by atomic mass is 9.66. The predicted molar refractivity (Wildman–Crippen MR) is 68.1 cm³/mol. The van der Waals surface area contributed by atoms with Gasteiger partial charge >= 0.3 is 0 Å². The van der Waals surface area contributed by atoms with E-state index >= 15 is 0 Å². The number of hydrogen-bond acceptors (Lipinski definition) is 1. The van der Waals surface area contributed by atoms with Gasteiger partial charge in [0.05, 0.1) is 0 Å². The minimum Gasteiger partial charge on any atom is -0.316 e. The SMILES string of the molecule is CCCNCC1CCCCC1C(C)(C)C. The maximum atomic E-state index is 3.61. The first-order valence-corrected chi connectivity index (χ1v) is 6.76. The summed E-state index contributed by atoms with van der Waals surface area (Å²) in [6, 6.07) is 0. The molecule has 0 amide bonds. The van der Waals surface area contributed by atoms with Gasteiger partial charge in [-0.15, -0.1) is 0 Å². The predicted octanol–water partition coefficient (Wildman–Crippen LogP) is 3.84. The standard InChI is InChI=1S/C14H29N/c1-5-10-15-11-12-8-6-7-9-13(12)14(2,3)4/h12-13,15H,5-11H2,1-4H3. The fraction of sp³-hybridized carbons (Fsp3) is 1.00. The lowest BCUT2D eigenvalue weighted by Crippen LogP contribution is -2.37. The number of nitrogens with one attached hydrogen (secondary N) is 1. The highest BCUT2D eigenvalue weighted by molar-refractivity contribution is 4.84. The van der Waals surface area contributed by atoms with Crippen molar-refractivity contribution >= 4 is 0 Å². The highest BCUT2D eigenvalue weighted by Gasteiger charge is 2.33. The number of hydrogen-bond donors (Lipinski definition) is 1. The monoisotopic (exact) mass is 211 g/mol. The van der Waals surface area contributed by atoms with E-state index in [9.17, 15) is 0 Å². The average molecular weight is 211 g/mol. The quantitative estimate of drug-likeness (QED) is 0.697. The van der Waals surface area contributed by atoms with Gasteiger partial charge in [0, 0.05) is 0 Å². The smallest absolute Gasteiger partial charge is 0.00177 e. The Labute approximate surface area is 96.0 Å². The van der Waals surface area contributed by atoms with Gasteiger partial charge in [0.25, 0.3) is 0 Å². The summed E-state index contributed by atoms with van der Waals surface area (Å²) in [5.74, 6) is 1.85. The summed E-state index contributed by atoms with van der Waals surface area (Å²) in [5, 5.41) is 3.61. The Morgan fingerprint density at radius 1 is 1.13 bits per heavy atom. The maximum Gasteiger partial charge on any atom is -0.00177 e. The first kappa shape index (κ1) is 13.0. The molecule has 0 aliphatic heterocycles. The van der Waals surface area contributed by atoms with E-state index < -0.39 is 0 Å². The van der Waals surface area contributed by atoms with Crippen molar-refractivity contribution in [3.05, 3.63) is 0 Å². The second kappa shape index (κ2) is 5.89. The summed E-state index contributed by atoms with van der Waals surface area (Å²) in [6.07, 6.45) is 7.05. The molecule has 1 fully saturated rings. The molecule has 1 aliphatic rings. The molecule has 1 N–H and O–H groups in total. The van der Waals surface area contributed by atoms with Crippen molar-refractivity contribution in [3.8, 4) is 0 Å². The van der Waals surface area contributed by atoms with Crippen molar-refractivity contribution in [1.82, 2.24) is 5.32 Å². The lowest BCUT2D eigenvalue weighted by Gasteiger charge is -2.40. The van der Waals surface area contributed by atoms with Crippen molar-refractivity contribution in [2.24, 2.45) is 17.3 Å². The van der Waals surface area contributed by atoms with E-state index in [2.05, 4.69) is 33.0 Å². The molecule has 0 bridgehead atoms. The van der Waals surface area contributed by atoms with Gasteiger partial charge in [0.2, 0.25) is 0 Å². The van der Waals surface area contributed by atoms with Gasteiger partial charge in [0.1, 0.15) is 0 Å². The third-order valence-electron chi connectivity index (χ3n) is 3.85. The van der Waals surface area contributed by atoms with Crippen molar-refractivity contribution in [2.75, 3.05) is 13.1 Å². The second-order valence-electron chi connectivity index (χ2n) is 6.22. The van der Waals surface area contributed by atoms with Gasteiger partial charge in [0.15, 0.2) is 0 Å². The molecule has 1 nitrogen and oxygen atoms in total. The molecule has 0 spiro atoms. The van der Waals surface area contributed by atoms with Gasteiger partial charge in [-0.1, -0.05) is 40.5 Å². The topological polar surface area (TPSA) is 12.0 Å². The van der Waals surface area contributed by atoms with Gasteiger partial charge < -0.3 is 5.32 Å². The van der Waals surface area contributed by atoms with Gasteiger partial charge in [-0.2, -0.15) is 0 Å². The van der Waals surface area contributed by atoms with E-state index in [0.29, 0.717) is 5.41 Å². The molecule has 0 aromatic carbocycles. The zero-order valence-electron chi connectivity index (χ0n) is 11.1. The Hall–Kier alpha value is -0.0400. The molecule has 0 aromatic heterocycles. The van der Waals surface area contributed by atoms with Crippen molar-refractivity contribution in [1.29, 1.82) is 0 Å². The van der Waals surface area contributed by atoms with E-state index in [4.69, 9.17) is 0 Å². The fourth-order valence-electron chi connectivity index (χ4n) is 3.06. The van der Waals surface area contributed by atoms with Crippen LogP contribution in [0.5, 0.6) is 0 Å². The number of rotatable bonds is 4. The molecule has 1 rings (SSSR count). The average Bonchev–Trinajstić information content (AvgIpc) is 2.17. The minimum atomic E-state index is 0.499. The summed E-state index contributed by atoms with van der Waals surface area (Å²) in [5.41, 5.74) is 0.499.